The zero-order valence-corrected chi connectivity index (χ0v) is 11.2. The van der Waals surface area contributed by atoms with Gasteiger partial charge in [-0.2, -0.15) is 0 Å². The maximum atomic E-state index is 11.2. The van der Waals surface area contributed by atoms with Gasteiger partial charge in [-0.15, -0.1) is 0 Å². The van der Waals surface area contributed by atoms with Crippen LogP contribution >= 0.6 is 0 Å². The van der Waals surface area contributed by atoms with E-state index in [0.717, 1.165) is 24.8 Å². The molecule has 99 valence electrons. The summed E-state index contributed by atoms with van der Waals surface area (Å²) in [6.07, 6.45) is 7.31. The molecule has 0 amide bonds. The van der Waals surface area contributed by atoms with Crippen LogP contribution < -0.4 is 0 Å². The predicted octanol–water partition coefficient (Wildman–Crippen LogP) is 4.09. The molecule has 1 rings (SSSR count). The monoisotopic (exact) mass is 247 g/mol. The summed E-state index contributed by atoms with van der Waals surface area (Å²) in [6.45, 7) is 2.19. The second-order valence-corrected chi connectivity index (χ2v) is 4.85. The lowest BCUT2D eigenvalue weighted by molar-refractivity contribution is -0.142. The molecule has 1 unspecified atom stereocenters. The Hall–Kier alpha value is -1.31. The van der Waals surface area contributed by atoms with E-state index in [1.54, 1.807) is 0 Å². The fourth-order valence-corrected chi connectivity index (χ4v) is 2.15. The van der Waals surface area contributed by atoms with Crippen molar-refractivity contribution in [3.63, 3.8) is 0 Å². The van der Waals surface area contributed by atoms with Crippen molar-refractivity contribution in [1.29, 1.82) is 0 Å². The van der Waals surface area contributed by atoms with Gasteiger partial charge in [-0.05, 0) is 24.5 Å². The van der Waals surface area contributed by atoms with E-state index in [1.165, 1.54) is 19.3 Å². The van der Waals surface area contributed by atoms with Gasteiger partial charge < -0.3 is 5.11 Å². The molecule has 1 radical (unpaired) electrons. The average Bonchev–Trinajstić information content (AvgIpc) is 2.38. The fourth-order valence-electron chi connectivity index (χ4n) is 2.15. The highest BCUT2D eigenvalue weighted by Crippen LogP contribution is 2.17. The van der Waals surface area contributed by atoms with Gasteiger partial charge in [-0.1, -0.05) is 63.3 Å². The van der Waals surface area contributed by atoms with Gasteiger partial charge in [-0.25, -0.2) is 0 Å². The summed E-state index contributed by atoms with van der Waals surface area (Å²) in [6, 6.07) is 10.5. The molecule has 0 bridgehead atoms. The Bertz CT molecular complexity index is 332. The van der Waals surface area contributed by atoms with Crippen LogP contribution in [-0.2, 0) is 11.2 Å². The lowest BCUT2D eigenvalue weighted by atomic mass is 9.93. The Morgan fingerprint density at radius 1 is 1.22 bits per heavy atom. The number of carboxylic acid groups (broad SMARTS) is 1. The van der Waals surface area contributed by atoms with E-state index in [2.05, 4.69) is 13.0 Å². The normalized spacial score (nSPS) is 12.3. The molecule has 0 saturated heterocycles. The Morgan fingerprint density at radius 3 is 2.50 bits per heavy atom. The summed E-state index contributed by atoms with van der Waals surface area (Å²) >= 11 is 0. The number of carboxylic acids is 1. The Balaban J connectivity index is 2.34. The van der Waals surface area contributed by atoms with E-state index in [0.29, 0.717) is 6.42 Å². The van der Waals surface area contributed by atoms with E-state index < -0.39 is 5.97 Å². The summed E-state index contributed by atoms with van der Waals surface area (Å²) in [5.74, 6) is -0.910. The van der Waals surface area contributed by atoms with Crippen LogP contribution in [0.5, 0.6) is 0 Å². The Morgan fingerprint density at radius 2 is 1.89 bits per heavy atom. The Labute approximate surface area is 110 Å². The van der Waals surface area contributed by atoms with Crippen LogP contribution in [0.25, 0.3) is 0 Å². The molecule has 0 aromatic heterocycles. The largest absolute Gasteiger partial charge is 0.481 e. The summed E-state index contributed by atoms with van der Waals surface area (Å²) in [5.41, 5.74) is 1.09. The molecule has 1 atom stereocenters. The summed E-state index contributed by atoms with van der Waals surface area (Å²) < 4.78 is 0. The smallest absolute Gasteiger partial charge is 0.306 e. The zero-order valence-electron chi connectivity index (χ0n) is 11.2. The molecule has 0 aliphatic carbocycles. The van der Waals surface area contributed by atoms with Crippen molar-refractivity contribution in [3.8, 4) is 0 Å². The third kappa shape index (κ3) is 5.85. The number of aliphatic carboxylic acids is 1. The van der Waals surface area contributed by atoms with Crippen molar-refractivity contribution in [2.45, 2.75) is 51.9 Å². The van der Waals surface area contributed by atoms with Crippen LogP contribution in [0.15, 0.2) is 24.3 Å². The maximum absolute atomic E-state index is 11.2. The predicted molar refractivity (Wildman–Crippen MR) is 73.5 cm³/mol. The van der Waals surface area contributed by atoms with Gasteiger partial charge in [0.1, 0.15) is 0 Å². The van der Waals surface area contributed by atoms with Crippen molar-refractivity contribution in [3.05, 3.63) is 35.9 Å². The molecule has 18 heavy (non-hydrogen) atoms. The summed E-state index contributed by atoms with van der Waals surface area (Å²) in [7, 11) is 0. The van der Waals surface area contributed by atoms with E-state index in [4.69, 9.17) is 0 Å². The van der Waals surface area contributed by atoms with E-state index >= 15 is 0 Å². The number of hydrogen-bond acceptors (Lipinski definition) is 1. The van der Waals surface area contributed by atoms with Gasteiger partial charge in [0, 0.05) is 0 Å². The van der Waals surface area contributed by atoms with Gasteiger partial charge in [-0.3, -0.25) is 4.79 Å². The quantitative estimate of drug-likeness (QED) is 0.667. The molecule has 0 saturated carbocycles. The second kappa shape index (κ2) is 8.73. The van der Waals surface area contributed by atoms with Crippen LogP contribution in [0, 0.1) is 12.0 Å². The molecule has 2 nitrogen and oxygen atoms in total. The minimum absolute atomic E-state index is 0.242. The van der Waals surface area contributed by atoms with Gasteiger partial charge >= 0.3 is 5.97 Å². The second-order valence-electron chi connectivity index (χ2n) is 4.85. The third-order valence-corrected chi connectivity index (χ3v) is 3.27. The molecule has 0 fully saturated rings. The molecule has 1 N–H and O–H groups in total. The number of carbonyl (C=O) groups is 1. The third-order valence-electron chi connectivity index (χ3n) is 3.27. The molecule has 0 heterocycles. The molecule has 0 aliphatic heterocycles. The van der Waals surface area contributed by atoms with Crippen LogP contribution in [0.3, 0.4) is 0 Å². The highest BCUT2D eigenvalue weighted by atomic mass is 16.4. The van der Waals surface area contributed by atoms with E-state index in [1.807, 2.05) is 24.3 Å². The van der Waals surface area contributed by atoms with Gasteiger partial charge in [0.15, 0.2) is 0 Å². The van der Waals surface area contributed by atoms with Gasteiger partial charge in [0.25, 0.3) is 0 Å². The highest BCUT2D eigenvalue weighted by Gasteiger charge is 2.17. The molecular formula is C16H23O2. The van der Waals surface area contributed by atoms with Crippen molar-refractivity contribution in [1.82, 2.24) is 0 Å². The molecule has 0 spiro atoms. The van der Waals surface area contributed by atoms with Crippen molar-refractivity contribution in [2.75, 3.05) is 0 Å². The Kier molecular flexibility index (Phi) is 7.16. The van der Waals surface area contributed by atoms with Crippen molar-refractivity contribution < 1.29 is 9.90 Å². The fraction of sp³-hybridized carbons (Fsp3) is 0.562. The molecular weight excluding hydrogens is 224 g/mol. The minimum atomic E-state index is -0.668. The SMILES string of the molecule is CCCCCCCC(Cc1cc[c]cc1)C(=O)O. The van der Waals surface area contributed by atoms with Crippen molar-refractivity contribution >= 4 is 5.97 Å². The lowest BCUT2D eigenvalue weighted by Crippen LogP contribution is -2.16. The zero-order chi connectivity index (χ0) is 13.2. The highest BCUT2D eigenvalue weighted by molar-refractivity contribution is 5.70. The number of benzene rings is 1. The first-order valence-electron chi connectivity index (χ1n) is 6.91. The first-order valence-corrected chi connectivity index (χ1v) is 6.91. The first kappa shape index (κ1) is 14.7. The van der Waals surface area contributed by atoms with Crippen LogP contribution in [0.4, 0.5) is 0 Å². The van der Waals surface area contributed by atoms with E-state index in [-0.39, 0.29) is 5.92 Å². The van der Waals surface area contributed by atoms with E-state index in [9.17, 15) is 9.90 Å². The van der Waals surface area contributed by atoms with Gasteiger partial charge in [0.2, 0.25) is 0 Å². The number of hydrogen-bond donors (Lipinski definition) is 1. The standard InChI is InChI=1S/C16H23O2/c1-2-3-4-5-9-12-15(16(17)18)13-14-10-7-6-8-11-14/h7-8,10-11,15H,2-5,9,12-13H2,1H3,(H,17,18). The summed E-state index contributed by atoms with van der Waals surface area (Å²) in [5, 5.41) is 9.23. The lowest BCUT2D eigenvalue weighted by Gasteiger charge is -2.12. The molecule has 1 aromatic rings. The molecule has 1 aromatic carbocycles. The minimum Gasteiger partial charge on any atom is -0.481 e. The first-order chi connectivity index (χ1) is 8.74. The average molecular weight is 247 g/mol. The van der Waals surface area contributed by atoms with Crippen LogP contribution in [-0.4, -0.2) is 11.1 Å². The van der Waals surface area contributed by atoms with Crippen LogP contribution in [0.1, 0.15) is 51.0 Å². The maximum Gasteiger partial charge on any atom is 0.306 e. The van der Waals surface area contributed by atoms with Crippen molar-refractivity contribution in [2.24, 2.45) is 5.92 Å². The topological polar surface area (TPSA) is 37.3 Å². The molecule has 0 aliphatic rings. The molecule has 2 heteroatoms. The number of unbranched alkanes of at least 4 members (excludes halogenated alkanes) is 4. The number of rotatable bonds is 9. The summed E-state index contributed by atoms with van der Waals surface area (Å²) in [4.78, 5) is 11.2. The van der Waals surface area contributed by atoms with Gasteiger partial charge in [0.05, 0.1) is 5.92 Å². The van der Waals surface area contributed by atoms with Crippen LogP contribution in [0.2, 0.25) is 0 Å².